The van der Waals surface area contributed by atoms with Crippen LogP contribution in [-0.4, -0.2) is 61.3 Å². The van der Waals surface area contributed by atoms with Gasteiger partial charge in [0, 0.05) is 38.5 Å². The monoisotopic (exact) mass is 338 g/mol. The van der Waals surface area contributed by atoms with E-state index in [-0.39, 0.29) is 11.9 Å². The van der Waals surface area contributed by atoms with Gasteiger partial charge in [-0.25, -0.2) is 8.42 Å². The van der Waals surface area contributed by atoms with Crippen LogP contribution in [0.1, 0.15) is 25.8 Å². The fourth-order valence-electron chi connectivity index (χ4n) is 2.96. The van der Waals surface area contributed by atoms with Crippen LogP contribution in [0.2, 0.25) is 0 Å². The lowest BCUT2D eigenvalue weighted by atomic mass is 10.1. The Kier molecular flexibility index (Phi) is 5.81. The van der Waals surface area contributed by atoms with E-state index in [2.05, 4.69) is 17.0 Å². The van der Waals surface area contributed by atoms with E-state index >= 15 is 0 Å². The van der Waals surface area contributed by atoms with E-state index in [1.165, 1.54) is 12.5 Å². The minimum atomic E-state index is -3.35. The lowest BCUT2D eigenvalue weighted by Gasteiger charge is -2.42. The van der Waals surface area contributed by atoms with Crippen LogP contribution in [0.4, 0.5) is 0 Å². The second kappa shape index (κ2) is 7.45. The molecule has 0 aromatic heterocycles. The highest BCUT2D eigenvalue weighted by Crippen LogP contribution is 2.18. The Morgan fingerprint density at radius 3 is 2.48 bits per heavy atom. The number of carbonyl (C=O) groups excluding carboxylic acids is 1. The van der Waals surface area contributed by atoms with Crippen LogP contribution in [0.25, 0.3) is 0 Å². The molecule has 0 spiro atoms. The molecule has 0 bridgehead atoms. The summed E-state index contributed by atoms with van der Waals surface area (Å²) in [7, 11) is -3.35. The van der Waals surface area contributed by atoms with Crippen molar-refractivity contribution in [1.82, 2.24) is 9.80 Å². The van der Waals surface area contributed by atoms with Crippen LogP contribution in [0.5, 0.6) is 0 Å². The van der Waals surface area contributed by atoms with E-state index in [0.717, 1.165) is 32.3 Å². The predicted octanol–water partition coefficient (Wildman–Crippen LogP) is 1.54. The average molecular weight is 338 g/mol. The van der Waals surface area contributed by atoms with Gasteiger partial charge < -0.3 is 4.90 Å². The van der Waals surface area contributed by atoms with E-state index in [1.807, 2.05) is 25.1 Å². The molecule has 1 amide bonds. The van der Waals surface area contributed by atoms with Gasteiger partial charge in [-0.2, -0.15) is 0 Å². The standard InChI is InChI=1S/C17H26N2O3S/c1-4-16-13-18(12-15-8-6-5-7-9-15)10-11-19(16)17(20)14(2)23(3,21)22/h5-9,14,16H,4,10-13H2,1-3H3/t14-,16-/m1/s1. The molecule has 0 unspecified atom stereocenters. The Hall–Kier alpha value is -1.40. The van der Waals surface area contributed by atoms with Crippen LogP contribution in [0.15, 0.2) is 30.3 Å². The van der Waals surface area contributed by atoms with Crippen molar-refractivity contribution < 1.29 is 13.2 Å². The fraction of sp³-hybridized carbons (Fsp3) is 0.588. The van der Waals surface area contributed by atoms with Crippen molar-refractivity contribution in [3.8, 4) is 0 Å². The smallest absolute Gasteiger partial charge is 0.240 e. The van der Waals surface area contributed by atoms with E-state index in [0.29, 0.717) is 6.54 Å². The number of hydrogen-bond donors (Lipinski definition) is 0. The summed E-state index contributed by atoms with van der Waals surface area (Å²) in [5.41, 5.74) is 1.26. The number of piperazine rings is 1. The highest BCUT2D eigenvalue weighted by atomic mass is 32.2. The molecule has 5 nitrogen and oxygen atoms in total. The molecule has 2 rings (SSSR count). The fourth-order valence-corrected chi connectivity index (χ4v) is 3.46. The van der Waals surface area contributed by atoms with Gasteiger partial charge in [-0.05, 0) is 18.9 Å². The molecule has 0 aliphatic carbocycles. The maximum absolute atomic E-state index is 12.5. The molecule has 1 heterocycles. The third kappa shape index (κ3) is 4.54. The number of hydrogen-bond acceptors (Lipinski definition) is 4. The SMILES string of the molecule is CC[C@@H]1CN(Cc2ccccc2)CCN1C(=O)[C@@H](C)S(C)(=O)=O. The highest BCUT2D eigenvalue weighted by Gasteiger charge is 2.35. The Bertz CT molecular complexity index is 630. The Morgan fingerprint density at radius 1 is 1.26 bits per heavy atom. The van der Waals surface area contributed by atoms with Crippen LogP contribution >= 0.6 is 0 Å². The van der Waals surface area contributed by atoms with Gasteiger partial charge in [-0.1, -0.05) is 37.3 Å². The van der Waals surface area contributed by atoms with Crippen molar-refractivity contribution >= 4 is 15.7 Å². The van der Waals surface area contributed by atoms with Crippen LogP contribution < -0.4 is 0 Å². The van der Waals surface area contributed by atoms with Crippen LogP contribution in [-0.2, 0) is 21.2 Å². The zero-order valence-electron chi connectivity index (χ0n) is 14.1. The summed E-state index contributed by atoms with van der Waals surface area (Å²) in [6, 6.07) is 10.3. The van der Waals surface area contributed by atoms with E-state index in [1.54, 1.807) is 4.90 Å². The normalized spacial score (nSPS) is 21.2. The molecular formula is C17H26N2O3S. The molecule has 23 heavy (non-hydrogen) atoms. The summed E-state index contributed by atoms with van der Waals surface area (Å²) in [5, 5.41) is -0.961. The van der Waals surface area contributed by atoms with Crippen LogP contribution in [0.3, 0.4) is 0 Å². The summed E-state index contributed by atoms with van der Waals surface area (Å²) in [5.74, 6) is -0.265. The third-order valence-electron chi connectivity index (χ3n) is 4.56. The molecule has 1 aliphatic rings. The zero-order valence-corrected chi connectivity index (χ0v) is 14.9. The van der Waals surface area contributed by atoms with Gasteiger partial charge in [0.25, 0.3) is 0 Å². The Labute approximate surface area is 139 Å². The van der Waals surface area contributed by atoms with Gasteiger partial charge in [0.15, 0.2) is 9.84 Å². The number of amides is 1. The lowest BCUT2D eigenvalue weighted by molar-refractivity contribution is -0.135. The third-order valence-corrected chi connectivity index (χ3v) is 6.05. The molecule has 1 aliphatic heterocycles. The second-order valence-electron chi connectivity index (χ2n) is 6.29. The first-order valence-electron chi connectivity index (χ1n) is 8.08. The van der Waals surface area contributed by atoms with Crippen molar-refractivity contribution in [1.29, 1.82) is 0 Å². The number of nitrogens with zero attached hydrogens (tertiary/aromatic N) is 2. The summed E-state index contributed by atoms with van der Waals surface area (Å²) < 4.78 is 23.3. The van der Waals surface area contributed by atoms with Gasteiger partial charge in [0.1, 0.15) is 5.25 Å². The van der Waals surface area contributed by atoms with Gasteiger partial charge in [-0.3, -0.25) is 9.69 Å². The number of rotatable bonds is 5. The molecule has 6 heteroatoms. The van der Waals surface area contributed by atoms with E-state index < -0.39 is 15.1 Å². The van der Waals surface area contributed by atoms with Crippen molar-refractivity contribution in [3.05, 3.63) is 35.9 Å². The quantitative estimate of drug-likeness (QED) is 0.817. The maximum Gasteiger partial charge on any atom is 0.240 e. The molecule has 0 radical (unpaired) electrons. The molecule has 1 fully saturated rings. The number of carbonyl (C=O) groups is 1. The number of sulfone groups is 1. The molecule has 2 atom stereocenters. The first-order chi connectivity index (χ1) is 10.8. The molecular weight excluding hydrogens is 312 g/mol. The summed E-state index contributed by atoms with van der Waals surface area (Å²) in [4.78, 5) is 16.6. The maximum atomic E-state index is 12.5. The summed E-state index contributed by atoms with van der Waals surface area (Å²) in [6.45, 7) is 6.54. The Morgan fingerprint density at radius 2 is 1.91 bits per heavy atom. The first kappa shape index (κ1) is 17.9. The highest BCUT2D eigenvalue weighted by molar-refractivity contribution is 7.92. The molecule has 128 valence electrons. The molecule has 1 saturated heterocycles. The van der Waals surface area contributed by atoms with Crippen molar-refractivity contribution in [2.75, 3.05) is 25.9 Å². The second-order valence-corrected chi connectivity index (χ2v) is 8.65. The van der Waals surface area contributed by atoms with E-state index in [4.69, 9.17) is 0 Å². The first-order valence-corrected chi connectivity index (χ1v) is 10.0. The minimum Gasteiger partial charge on any atom is -0.336 e. The van der Waals surface area contributed by atoms with E-state index in [9.17, 15) is 13.2 Å². The Balaban J connectivity index is 2.03. The van der Waals surface area contributed by atoms with Gasteiger partial charge in [-0.15, -0.1) is 0 Å². The van der Waals surface area contributed by atoms with Gasteiger partial charge >= 0.3 is 0 Å². The molecule has 1 aromatic carbocycles. The van der Waals surface area contributed by atoms with Gasteiger partial charge in [0.2, 0.25) is 5.91 Å². The predicted molar refractivity (Wildman–Crippen MR) is 91.8 cm³/mol. The van der Waals surface area contributed by atoms with Crippen LogP contribution in [0, 0.1) is 0 Å². The zero-order chi connectivity index (χ0) is 17.0. The minimum absolute atomic E-state index is 0.0733. The number of benzene rings is 1. The lowest BCUT2D eigenvalue weighted by Crippen LogP contribution is -2.57. The topological polar surface area (TPSA) is 57.7 Å². The van der Waals surface area contributed by atoms with Gasteiger partial charge in [0.05, 0.1) is 0 Å². The van der Waals surface area contributed by atoms with Crippen molar-refractivity contribution in [3.63, 3.8) is 0 Å². The van der Waals surface area contributed by atoms with Crippen molar-refractivity contribution in [2.24, 2.45) is 0 Å². The summed E-state index contributed by atoms with van der Waals surface area (Å²) in [6.07, 6.45) is 1.95. The molecule has 1 aromatic rings. The van der Waals surface area contributed by atoms with Crippen molar-refractivity contribution in [2.45, 2.75) is 38.1 Å². The molecule has 0 saturated carbocycles. The largest absolute Gasteiger partial charge is 0.336 e. The summed E-state index contributed by atoms with van der Waals surface area (Å²) >= 11 is 0. The average Bonchev–Trinajstić information content (AvgIpc) is 2.53. The molecule has 0 N–H and O–H groups in total.